The summed E-state index contributed by atoms with van der Waals surface area (Å²) in [6.45, 7) is 5.31. The summed E-state index contributed by atoms with van der Waals surface area (Å²) in [4.78, 5) is 2.48. The Balaban J connectivity index is 0.00000192. The van der Waals surface area contributed by atoms with Crippen LogP contribution in [0.4, 0.5) is 0 Å². The van der Waals surface area contributed by atoms with Crippen LogP contribution in [-0.2, 0) is 6.54 Å². The molecular formula is C19H25ClN2O. The third kappa shape index (κ3) is 4.96. The number of rotatable bonds is 5. The lowest BCUT2D eigenvalue weighted by Gasteiger charge is -2.18. The molecule has 4 heteroatoms. The predicted molar refractivity (Wildman–Crippen MR) is 97.2 cm³/mol. The SMILES string of the molecule is CC(N)C1CCN(Cc2cccc(Oc3ccccc3)c2)C1.Cl. The molecule has 23 heavy (non-hydrogen) atoms. The molecule has 2 aromatic rings. The van der Waals surface area contributed by atoms with Gasteiger partial charge in [0, 0.05) is 19.1 Å². The third-order valence-electron chi connectivity index (χ3n) is 4.34. The Kier molecular flexibility index (Phi) is 6.46. The van der Waals surface area contributed by atoms with Gasteiger partial charge in [0.2, 0.25) is 0 Å². The molecule has 2 atom stereocenters. The van der Waals surface area contributed by atoms with E-state index in [1.54, 1.807) is 0 Å². The van der Waals surface area contributed by atoms with Crippen molar-refractivity contribution >= 4 is 12.4 Å². The summed E-state index contributed by atoms with van der Waals surface area (Å²) in [5.74, 6) is 2.40. The molecule has 1 aliphatic rings. The van der Waals surface area contributed by atoms with Gasteiger partial charge in [-0.1, -0.05) is 30.3 Å². The van der Waals surface area contributed by atoms with Gasteiger partial charge >= 0.3 is 0 Å². The fourth-order valence-electron chi connectivity index (χ4n) is 3.03. The van der Waals surface area contributed by atoms with Crippen LogP contribution in [0, 0.1) is 5.92 Å². The summed E-state index contributed by atoms with van der Waals surface area (Å²) in [5, 5.41) is 0. The Morgan fingerprint density at radius 1 is 1.13 bits per heavy atom. The van der Waals surface area contributed by atoms with Crippen LogP contribution in [0.15, 0.2) is 54.6 Å². The van der Waals surface area contributed by atoms with Crippen molar-refractivity contribution in [3.05, 3.63) is 60.2 Å². The molecule has 2 N–H and O–H groups in total. The molecule has 0 aliphatic carbocycles. The number of nitrogens with zero attached hydrogens (tertiary/aromatic N) is 1. The number of nitrogens with two attached hydrogens (primary N) is 1. The van der Waals surface area contributed by atoms with E-state index < -0.39 is 0 Å². The van der Waals surface area contributed by atoms with E-state index >= 15 is 0 Å². The van der Waals surface area contributed by atoms with Crippen LogP contribution in [0.2, 0.25) is 0 Å². The van der Waals surface area contributed by atoms with Crippen molar-refractivity contribution < 1.29 is 4.74 Å². The van der Waals surface area contributed by atoms with Gasteiger partial charge in [-0.3, -0.25) is 4.90 Å². The molecule has 2 unspecified atom stereocenters. The number of benzene rings is 2. The van der Waals surface area contributed by atoms with Gasteiger partial charge in [0.05, 0.1) is 0 Å². The van der Waals surface area contributed by atoms with Crippen molar-refractivity contribution in [3.8, 4) is 11.5 Å². The first-order valence-corrected chi connectivity index (χ1v) is 8.00. The Bertz CT molecular complexity index is 603. The Hall–Kier alpha value is -1.55. The summed E-state index contributed by atoms with van der Waals surface area (Å²) in [5.41, 5.74) is 7.31. The first kappa shape index (κ1) is 17.8. The van der Waals surface area contributed by atoms with E-state index in [1.165, 1.54) is 12.0 Å². The van der Waals surface area contributed by atoms with Crippen molar-refractivity contribution in [1.29, 1.82) is 0 Å². The van der Waals surface area contributed by atoms with E-state index in [1.807, 2.05) is 36.4 Å². The van der Waals surface area contributed by atoms with Crippen molar-refractivity contribution in [2.75, 3.05) is 13.1 Å². The minimum Gasteiger partial charge on any atom is -0.457 e. The highest BCUT2D eigenvalue weighted by molar-refractivity contribution is 5.85. The first-order chi connectivity index (χ1) is 10.7. The summed E-state index contributed by atoms with van der Waals surface area (Å²) in [7, 11) is 0. The molecule has 0 spiro atoms. The normalized spacial score (nSPS) is 19.1. The number of hydrogen-bond donors (Lipinski definition) is 1. The molecule has 1 saturated heterocycles. The molecule has 0 aromatic heterocycles. The topological polar surface area (TPSA) is 38.5 Å². The molecule has 0 saturated carbocycles. The van der Waals surface area contributed by atoms with E-state index in [0.29, 0.717) is 5.92 Å². The zero-order valence-corrected chi connectivity index (χ0v) is 14.3. The van der Waals surface area contributed by atoms with Crippen molar-refractivity contribution in [2.45, 2.75) is 25.9 Å². The zero-order valence-electron chi connectivity index (χ0n) is 13.5. The van der Waals surface area contributed by atoms with E-state index in [2.05, 4.69) is 30.0 Å². The molecule has 3 rings (SSSR count). The molecule has 0 radical (unpaired) electrons. The van der Waals surface area contributed by atoms with Crippen molar-refractivity contribution in [2.24, 2.45) is 11.7 Å². The highest BCUT2D eigenvalue weighted by Crippen LogP contribution is 2.24. The number of halogens is 1. The molecule has 1 fully saturated rings. The molecule has 1 aliphatic heterocycles. The van der Waals surface area contributed by atoms with Crippen LogP contribution in [0.25, 0.3) is 0 Å². The summed E-state index contributed by atoms with van der Waals surface area (Å²) >= 11 is 0. The highest BCUT2D eigenvalue weighted by atomic mass is 35.5. The lowest BCUT2D eigenvalue weighted by molar-refractivity contribution is 0.308. The van der Waals surface area contributed by atoms with Crippen molar-refractivity contribution in [3.63, 3.8) is 0 Å². The second-order valence-electron chi connectivity index (χ2n) is 6.21. The van der Waals surface area contributed by atoms with Crippen LogP contribution in [-0.4, -0.2) is 24.0 Å². The molecule has 124 valence electrons. The maximum atomic E-state index is 6.02. The van der Waals surface area contributed by atoms with Crippen molar-refractivity contribution in [1.82, 2.24) is 4.90 Å². The van der Waals surface area contributed by atoms with E-state index in [0.717, 1.165) is 31.1 Å². The number of hydrogen-bond acceptors (Lipinski definition) is 3. The molecule has 1 heterocycles. The third-order valence-corrected chi connectivity index (χ3v) is 4.34. The average molecular weight is 333 g/mol. The van der Waals surface area contributed by atoms with Gasteiger partial charge in [0.15, 0.2) is 0 Å². The van der Waals surface area contributed by atoms with E-state index in [4.69, 9.17) is 10.5 Å². The minimum absolute atomic E-state index is 0. The highest BCUT2D eigenvalue weighted by Gasteiger charge is 2.24. The summed E-state index contributed by atoms with van der Waals surface area (Å²) < 4.78 is 5.90. The van der Waals surface area contributed by atoms with E-state index in [-0.39, 0.29) is 18.4 Å². The quantitative estimate of drug-likeness (QED) is 0.897. The van der Waals surface area contributed by atoms with Gasteiger partial charge in [-0.2, -0.15) is 0 Å². The largest absolute Gasteiger partial charge is 0.457 e. The number of para-hydroxylation sites is 1. The average Bonchev–Trinajstić information content (AvgIpc) is 2.97. The minimum atomic E-state index is 0. The predicted octanol–water partition coefficient (Wildman–Crippen LogP) is 4.07. The molecule has 2 aromatic carbocycles. The maximum Gasteiger partial charge on any atom is 0.127 e. The second kappa shape index (κ2) is 8.34. The fraction of sp³-hybridized carbons (Fsp3) is 0.368. The summed E-state index contributed by atoms with van der Waals surface area (Å²) in [6.07, 6.45) is 1.21. The molecule has 0 amide bonds. The Labute approximate surface area is 144 Å². The summed E-state index contributed by atoms with van der Waals surface area (Å²) in [6, 6.07) is 18.6. The molecule has 0 bridgehead atoms. The van der Waals surface area contributed by atoms with Gasteiger partial charge in [-0.15, -0.1) is 12.4 Å². The van der Waals surface area contributed by atoms with Crippen LogP contribution < -0.4 is 10.5 Å². The maximum absolute atomic E-state index is 6.02. The standard InChI is InChI=1S/C19H24N2O.ClH/c1-15(20)17-10-11-21(14-17)13-16-6-5-9-19(12-16)22-18-7-3-2-4-8-18;/h2-9,12,15,17H,10-11,13-14,20H2,1H3;1H. The lowest BCUT2D eigenvalue weighted by Crippen LogP contribution is -2.29. The smallest absolute Gasteiger partial charge is 0.127 e. The molecular weight excluding hydrogens is 308 g/mol. The number of likely N-dealkylation sites (tertiary alicyclic amines) is 1. The van der Waals surface area contributed by atoms with Crippen LogP contribution >= 0.6 is 12.4 Å². The van der Waals surface area contributed by atoms with Gasteiger partial charge in [-0.05, 0) is 55.6 Å². The Morgan fingerprint density at radius 3 is 2.57 bits per heavy atom. The van der Waals surface area contributed by atoms with Gasteiger partial charge in [0.1, 0.15) is 11.5 Å². The van der Waals surface area contributed by atoms with Gasteiger partial charge in [-0.25, -0.2) is 0 Å². The lowest BCUT2D eigenvalue weighted by atomic mass is 10.0. The second-order valence-corrected chi connectivity index (χ2v) is 6.21. The Morgan fingerprint density at radius 2 is 1.87 bits per heavy atom. The van der Waals surface area contributed by atoms with E-state index in [9.17, 15) is 0 Å². The fourth-order valence-corrected chi connectivity index (χ4v) is 3.03. The van der Waals surface area contributed by atoms with Gasteiger partial charge in [0.25, 0.3) is 0 Å². The van der Waals surface area contributed by atoms with Crippen LogP contribution in [0.3, 0.4) is 0 Å². The molecule has 3 nitrogen and oxygen atoms in total. The monoisotopic (exact) mass is 332 g/mol. The van der Waals surface area contributed by atoms with Crippen LogP contribution in [0.5, 0.6) is 11.5 Å². The zero-order chi connectivity index (χ0) is 15.4. The number of ether oxygens (including phenoxy) is 1. The van der Waals surface area contributed by atoms with Crippen LogP contribution in [0.1, 0.15) is 18.9 Å². The first-order valence-electron chi connectivity index (χ1n) is 8.00. The van der Waals surface area contributed by atoms with Gasteiger partial charge < -0.3 is 10.5 Å².